The van der Waals surface area contributed by atoms with E-state index in [1.54, 1.807) is 0 Å². The Morgan fingerprint density at radius 2 is 1.75 bits per heavy atom. The lowest BCUT2D eigenvalue weighted by molar-refractivity contribution is 0.520. The van der Waals surface area contributed by atoms with E-state index < -0.39 is 0 Å². The van der Waals surface area contributed by atoms with E-state index in [2.05, 4.69) is 21.8 Å². The van der Waals surface area contributed by atoms with Crippen molar-refractivity contribution >= 4 is 23.5 Å². The van der Waals surface area contributed by atoms with Crippen LogP contribution in [0.25, 0.3) is 0 Å². The Morgan fingerprint density at radius 3 is 2.38 bits per heavy atom. The average molecular weight is 255 g/mol. The van der Waals surface area contributed by atoms with Crippen LogP contribution < -0.4 is 5.32 Å². The molecule has 2 saturated heterocycles. The molecule has 0 amide bonds. The van der Waals surface area contributed by atoms with Crippen LogP contribution in [-0.4, -0.2) is 30.5 Å². The van der Waals surface area contributed by atoms with Crippen molar-refractivity contribution in [3.05, 3.63) is 29.3 Å². The molecule has 16 heavy (non-hydrogen) atoms. The van der Waals surface area contributed by atoms with Crippen LogP contribution in [0.5, 0.6) is 0 Å². The lowest BCUT2D eigenvalue weighted by Crippen LogP contribution is -2.20. The maximum atomic E-state index is 5.88. The van der Waals surface area contributed by atoms with Crippen molar-refractivity contribution in [2.45, 2.75) is 4.90 Å². The molecule has 1 aromatic carbocycles. The van der Waals surface area contributed by atoms with Gasteiger partial charge in [-0.25, -0.2) is 4.31 Å². The molecule has 2 heterocycles. The third kappa shape index (κ3) is 2.23. The fourth-order valence-corrected chi connectivity index (χ4v) is 3.75. The molecule has 2 aliphatic heterocycles. The Balaban J connectivity index is 1.62. The zero-order chi connectivity index (χ0) is 11.0. The van der Waals surface area contributed by atoms with Crippen LogP contribution in [-0.2, 0) is 0 Å². The molecule has 4 heteroatoms. The van der Waals surface area contributed by atoms with Crippen molar-refractivity contribution in [1.82, 2.24) is 9.62 Å². The van der Waals surface area contributed by atoms with Gasteiger partial charge in [0.1, 0.15) is 0 Å². The monoisotopic (exact) mass is 254 g/mol. The van der Waals surface area contributed by atoms with E-state index in [0.29, 0.717) is 0 Å². The van der Waals surface area contributed by atoms with Crippen LogP contribution >= 0.6 is 23.5 Å². The van der Waals surface area contributed by atoms with E-state index in [9.17, 15) is 0 Å². The first-order valence-electron chi connectivity index (χ1n) is 5.70. The molecule has 1 N–H and O–H groups in total. The first-order chi connectivity index (χ1) is 7.81. The van der Waals surface area contributed by atoms with Gasteiger partial charge in [-0.1, -0.05) is 11.6 Å². The van der Waals surface area contributed by atoms with Crippen LogP contribution in [0.4, 0.5) is 0 Å². The predicted octanol–water partition coefficient (Wildman–Crippen LogP) is 2.50. The molecule has 0 bridgehead atoms. The summed E-state index contributed by atoms with van der Waals surface area (Å²) in [4.78, 5) is 1.29. The molecule has 2 fully saturated rings. The Morgan fingerprint density at radius 1 is 1.12 bits per heavy atom. The van der Waals surface area contributed by atoms with Crippen molar-refractivity contribution in [3.63, 3.8) is 0 Å². The minimum atomic E-state index is 0.812. The number of rotatable bonds is 2. The maximum Gasteiger partial charge on any atom is 0.0406 e. The topological polar surface area (TPSA) is 15.3 Å². The van der Waals surface area contributed by atoms with Gasteiger partial charge in [0.15, 0.2) is 0 Å². The highest BCUT2D eigenvalue weighted by Gasteiger charge is 2.36. The highest BCUT2D eigenvalue weighted by Crippen LogP contribution is 2.34. The number of hydrogen-bond donors (Lipinski definition) is 1. The predicted molar refractivity (Wildman–Crippen MR) is 68.7 cm³/mol. The van der Waals surface area contributed by atoms with Crippen molar-refractivity contribution in [1.29, 1.82) is 0 Å². The van der Waals surface area contributed by atoms with Gasteiger partial charge in [0, 0.05) is 23.0 Å². The van der Waals surface area contributed by atoms with Gasteiger partial charge < -0.3 is 5.32 Å². The number of benzene rings is 1. The quantitative estimate of drug-likeness (QED) is 0.817. The van der Waals surface area contributed by atoms with E-state index >= 15 is 0 Å². The largest absolute Gasteiger partial charge is 0.316 e. The molecule has 2 atom stereocenters. The van der Waals surface area contributed by atoms with Crippen molar-refractivity contribution in [3.8, 4) is 0 Å². The fourth-order valence-electron chi connectivity index (χ4n) is 2.53. The summed E-state index contributed by atoms with van der Waals surface area (Å²) in [6, 6.07) is 8.11. The summed E-state index contributed by atoms with van der Waals surface area (Å²) in [5, 5.41) is 4.27. The number of nitrogens with one attached hydrogen (secondary N) is 1. The number of halogens is 1. The summed E-state index contributed by atoms with van der Waals surface area (Å²) in [7, 11) is 0. The lowest BCUT2D eigenvalue weighted by Gasteiger charge is -2.15. The molecular formula is C12H15ClN2S. The molecule has 0 spiro atoms. The van der Waals surface area contributed by atoms with Gasteiger partial charge in [-0.2, -0.15) is 0 Å². The molecule has 0 aromatic heterocycles. The van der Waals surface area contributed by atoms with Crippen molar-refractivity contribution in [2.75, 3.05) is 26.2 Å². The average Bonchev–Trinajstić information content (AvgIpc) is 2.81. The SMILES string of the molecule is Clc1ccc(SN2CC3CNCC3C2)cc1. The minimum Gasteiger partial charge on any atom is -0.316 e. The highest BCUT2D eigenvalue weighted by molar-refractivity contribution is 7.97. The Bertz CT molecular complexity index is 356. The van der Waals surface area contributed by atoms with Gasteiger partial charge in [0.05, 0.1) is 0 Å². The molecule has 0 saturated carbocycles. The van der Waals surface area contributed by atoms with E-state index in [1.807, 2.05) is 24.1 Å². The zero-order valence-electron chi connectivity index (χ0n) is 9.03. The van der Waals surface area contributed by atoms with Crippen LogP contribution in [0.15, 0.2) is 29.2 Å². The minimum absolute atomic E-state index is 0.812. The normalized spacial score (nSPS) is 29.6. The van der Waals surface area contributed by atoms with Gasteiger partial charge >= 0.3 is 0 Å². The first-order valence-corrected chi connectivity index (χ1v) is 6.85. The first kappa shape index (κ1) is 10.9. The third-order valence-electron chi connectivity index (χ3n) is 3.40. The molecule has 2 aliphatic rings. The molecule has 0 radical (unpaired) electrons. The molecular weight excluding hydrogens is 240 g/mol. The summed E-state index contributed by atoms with van der Waals surface area (Å²) in [6.07, 6.45) is 0. The summed E-state index contributed by atoms with van der Waals surface area (Å²) in [5.74, 6) is 1.72. The molecule has 0 aliphatic carbocycles. The second kappa shape index (κ2) is 4.57. The summed E-state index contributed by atoms with van der Waals surface area (Å²) < 4.78 is 2.49. The standard InChI is InChI=1S/C12H15ClN2S/c13-11-1-3-12(4-2-11)16-15-7-9-5-14-6-10(9)8-15/h1-4,9-10,14H,5-8H2. The smallest absolute Gasteiger partial charge is 0.0406 e. The lowest BCUT2D eigenvalue weighted by atomic mass is 10.0. The van der Waals surface area contributed by atoms with Gasteiger partial charge in [-0.15, -0.1) is 0 Å². The van der Waals surface area contributed by atoms with Crippen molar-refractivity contribution in [2.24, 2.45) is 11.8 Å². The molecule has 86 valence electrons. The van der Waals surface area contributed by atoms with Crippen LogP contribution in [0.2, 0.25) is 5.02 Å². The van der Waals surface area contributed by atoms with Gasteiger partial charge in [0.25, 0.3) is 0 Å². The van der Waals surface area contributed by atoms with E-state index in [4.69, 9.17) is 11.6 Å². The Kier molecular flexibility index (Phi) is 3.11. The third-order valence-corrected chi connectivity index (χ3v) is 4.70. The zero-order valence-corrected chi connectivity index (χ0v) is 10.6. The Labute approximate surface area is 105 Å². The number of nitrogens with zero attached hydrogens (tertiary/aromatic N) is 1. The van der Waals surface area contributed by atoms with Gasteiger partial charge in [-0.05, 0) is 61.1 Å². The van der Waals surface area contributed by atoms with Gasteiger partial charge in [-0.3, -0.25) is 0 Å². The number of hydrogen-bond acceptors (Lipinski definition) is 3. The number of fused-ring (bicyclic) bond motifs is 1. The maximum absolute atomic E-state index is 5.88. The summed E-state index contributed by atoms with van der Waals surface area (Å²) in [5.41, 5.74) is 0. The van der Waals surface area contributed by atoms with E-state index in [0.717, 1.165) is 16.9 Å². The van der Waals surface area contributed by atoms with Crippen LogP contribution in [0.3, 0.4) is 0 Å². The summed E-state index contributed by atoms with van der Waals surface area (Å²) >= 11 is 7.74. The van der Waals surface area contributed by atoms with Crippen LogP contribution in [0, 0.1) is 11.8 Å². The van der Waals surface area contributed by atoms with Gasteiger partial charge in [0.2, 0.25) is 0 Å². The molecule has 2 nitrogen and oxygen atoms in total. The van der Waals surface area contributed by atoms with Crippen molar-refractivity contribution < 1.29 is 0 Å². The second-order valence-electron chi connectivity index (χ2n) is 4.57. The molecule has 1 aromatic rings. The second-order valence-corrected chi connectivity index (χ2v) is 6.18. The molecule has 2 unspecified atom stereocenters. The molecule has 3 rings (SSSR count). The van der Waals surface area contributed by atoms with E-state index in [-0.39, 0.29) is 0 Å². The Hall–Kier alpha value is -0.220. The highest BCUT2D eigenvalue weighted by atomic mass is 35.5. The van der Waals surface area contributed by atoms with Crippen LogP contribution in [0.1, 0.15) is 0 Å². The summed E-state index contributed by atoms with van der Waals surface area (Å²) in [6.45, 7) is 4.82. The fraction of sp³-hybridized carbons (Fsp3) is 0.500. The van der Waals surface area contributed by atoms with E-state index in [1.165, 1.54) is 31.1 Å².